The van der Waals surface area contributed by atoms with Crippen LogP contribution in [-0.4, -0.2) is 38.9 Å². The Hall–Kier alpha value is -2.38. The maximum Gasteiger partial charge on any atom is 0.339 e. The maximum atomic E-state index is 13.3. The van der Waals surface area contributed by atoms with Gasteiger partial charge >= 0.3 is 5.97 Å². The summed E-state index contributed by atoms with van der Waals surface area (Å²) in [6.45, 7) is 4.36. The predicted molar refractivity (Wildman–Crippen MR) is 104 cm³/mol. The Kier molecular flexibility index (Phi) is 4.47. The van der Waals surface area contributed by atoms with Crippen molar-refractivity contribution in [2.45, 2.75) is 37.2 Å². The van der Waals surface area contributed by atoms with Crippen LogP contribution in [0.15, 0.2) is 41.3 Å². The van der Waals surface area contributed by atoms with Crippen molar-refractivity contribution >= 4 is 16.0 Å². The van der Waals surface area contributed by atoms with E-state index in [1.807, 2.05) is 32.0 Å². The van der Waals surface area contributed by atoms with Gasteiger partial charge in [-0.1, -0.05) is 18.2 Å². The highest BCUT2D eigenvalue weighted by atomic mass is 32.2. The average molecular weight is 401 g/mol. The number of hydrogen-bond acceptors (Lipinski definition) is 5. The Labute approximate surface area is 165 Å². The summed E-state index contributed by atoms with van der Waals surface area (Å²) in [5, 5.41) is 0. The molecule has 148 valence electrons. The van der Waals surface area contributed by atoms with Crippen molar-refractivity contribution in [1.82, 2.24) is 4.31 Å². The molecule has 0 N–H and O–H groups in total. The van der Waals surface area contributed by atoms with E-state index in [-0.39, 0.29) is 24.0 Å². The number of methoxy groups -OCH3 is 1. The highest BCUT2D eigenvalue weighted by molar-refractivity contribution is 7.89. The molecule has 0 aliphatic carbocycles. The molecule has 1 saturated heterocycles. The lowest BCUT2D eigenvalue weighted by molar-refractivity contribution is -0.0329. The Morgan fingerprint density at radius 3 is 2.39 bits per heavy atom. The second kappa shape index (κ2) is 6.60. The number of aryl methyl sites for hydroxylation is 2. The lowest BCUT2D eigenvalue weighted by Gasteiger charge is -2.38. The normalized spacial score (nSPS) is 18.8. The molecule has 1 fully saturated rings. The van der Waals surface area contributed by atoms with E-state index in [0.717, 1.165) is 16.7 Å². The topological polar surface area (TPSA) is 72.9 Å². The molecule has 0 amide bonds. The molecular formula is C21H23NO5S. The SMILES string of the molecule is COc1cc(C)c(C)cc1S(=O)(=O)N1CCC2(CC1)OC(=O)c1ccccc12. The van der Waals surface area contributed by atoms with E-state index >= 15 is 0 Å². The van der Waals surface area contributed by atoms with E-state index < -0.39 is 15.6 Å². The van der Waals surface area contributed by atoms with Crippen LogP contribution in [-0.2, 0) is 20.4 Å². The predicted octanol–water partition coefficient (Wildman–Crippen LogP) is 3.16. The van der Waals surface area contributed by atoms with Crippen molar-refractivity contribution in [2.75, 3.05) is 20.2 Å². The zero-order valence-corrected chi connectivity index (χ0v) is 17.0. The van der Waals surface area contributed by atoms with Gasteiger partial charge in [0.25, 0.3) is 0 Å². The number of fused-ring (bicyclic) bond motifs is 2. The van der Waals surface area contributed by atoms with Crippen molar-refractivity contribution < 1.29 is 22.7 Å². The quantitative estimate of drug-likeness (QED) is 0.739. The van der Waals surface area contributed by atoms with E-state index in [9.17, 15) is 13.2 Å². The minimum atomic E-state index is -3.71. The molecule has 0 unspecified atom stereocenters. The molecule has 2 heterocycles. The number of hydrogen-bond donors (Lipinski definition) is 0. The third-order valence-electron chi connectivity index (χ3n) is 5.85. The van der Waals surface area contributed by atoms with Crippen molar-refractivity contribution in [3.8, 4) is 5.75 Å². The van der Waals surface area contributed by atoms with Gasteiger partial charge in [-0.05, 0) is 43.2 Å². The van der Waals surface area contributed by atoms with Gasteiger partial charge < -0.3 is 9.47 Å². The zero-order chi connectivity index (χ0) is 20.1. The molecule has 0 aromatic heterocycles. The fourth-order valence-corrected chi connectivity index (χ4v) is 5.73. The highest BCUT2D eigenvalue weighted by Crippen LogP contribution is 2.45. The summed E-state index contributed by atoms with van der Waals surface area (Å²) >= 11 is 0. The van der Waals surface area contributed by atoms with Gasteiger partial charge in [-0.25, -0.2) is 13.2 Å². The Morgan fingerprint density at radius 2 is 1.71 bits per heavy atom. The fraction of sp³-hybridized carbons (Fsp3) is 0.381. The smallest absolute Gasteiger partial charge is 0.339 e. The van der Waals surface area contributed by atoms with Gasteiger partial charge in [0.05, 0.1) is 12.7 Å². The van der Waals surface area contributed by atoms with Gasteiger partial charge in [-0.3, -0.25) is 0 Å². The van der Waals surface area contributed by atoms with E-state index in [0.29, 0.717) is 24.2 Å². The molecule has 28 heavy (non-hydrogen) atoms. The van der Waals surface area contributed by atoms with Crippen LogP contribution >= 0.6 is 0 Å². The second-order valence-electron chi connectivity index (χ2n) is 7.42. The molecule has 1 spiro atoms. The van der Waals surface area contributed by atoms with E-state index in [1.165, 1.54) is 11.4 Å². The number of rotatable bonds is 3. The fourth-order valence-electron chi connectivity index (χ4n) is 4.07. The number of carbonyl (C=O) groups is 1. The molecule has 0 bridgehead atoms. The Morgan fingerprint density at radius 1 is 1.07 bits per heavy atom. The number of piperidine rings is 1. The van der Waals surface area contributed by atoms with Gasteiger partial charge in [0.2, 0.25) is 10.0 Å². The van der Waals surface area contributed by atoms with Crippen molar-refractivity contribution in [1.29, 1.82) is 0 Å². The molecule has 2 aromatic carbocycles. The molecule has 2 aromatic rings. The van der Waals surface area contributed by atoms with Gasteiger partial charge in [0.1, 0.15) is 16.2 Å². The second-order valence-corrected chi connectivity index (χ2v) is 9.33. The minimum Gasteiger partial charge on any atom is -0.495 e. The van der Waals surface area contributed by atoms with Crippen LogP contribution in [0.25, 0.3) is 0 Å². The third kappa shape index (κ3) is 2.81. The van der Waals surface area contributed by atoms with Crippen molar-refractivity contribution in [3.63, 3.8) is 0 Å². The number of benzene rings is 2. The van der Waals surface area contributed by atoms with Gasteiger partial charge in [-0.2, -0.15) is 4.31 Å². The molecule has 0 saturated carbocycles. The lowest BCUT2D eigenvalue weighted by Crippen LogP contribution is -2.45. The number of ether oxygens (including phenoxy) is 2. The zero-order valence-electron chi connectivity index (χ0n) is 16.2. The maximum absolute atomic E-state index is 13.3. The highest BCUT2D eigenvalue weighted by Gasteiger charge is 2.48. The summed E-state index contributed by atoms with van der Waals surface area (Å²) < 4.78 is 39.1. The molecule has 0 radical (unpaired) electrons. The number of nitrogens with zero attached hydrogens (tertiary/aromatic N) is 1. The standard InChI is InChI=1S/C21H23NO5S/c1-14-12-18(26-3)19(13-15(14)2)28(24,25)22-10-8-21(9-11-22)17-7-5-4-6-16(17)20(23)27-21/h4-7,12-13H,8-11H2,1-3H3. The van der Waals surface area contributed by atoms with Crippen LogP contribution < -0.4 is 4.74 Å². The number of carbonyl (C=O) groups excluding carboxylic acids is 1. The Balaban J connectivity index is 1.63. The van der Waals surface area contributed by atoms with Crippen LogP contribution in [0.1, 0.15) is 39.9 Å². The van der Waals surface area contributed by atoms with Crippen molar-refractivity contribution in [2.24, 2.45) is 0 Å². The molecule has 7 heteroatoms. The summed E-state index contributed by atoms with van der Waals surface area (Å²) in [4.78, 5) is 12.4. The van der Waals surface area contributed by atoms with Crippen LogP contribution in [0.4, 0.5) is 0 Å². The van der Waals surface area contributed by atoms with Gasteiger partial charge in [0, 0.05) is 31.5 Å². The monoisotopic (exact) mass is 401 g/mol. The molecule has 2 aliphatic rings. The summed E-state index contributed by atoms with van der Waals surface area (Å²) in [5.41, 5.74) is 2.58. The van der Waals surface area contributed by atoms with Crippen LogP contribution in [0, 0.1) is 13.8 Å². The average Bonchev–Trinajstić information content (AvgIpc) is 2.96. The molecule has 2 aliphatic heterocycles. The van der Waals surface area contributed by atoms with E-state index in [4.69, 9.17) is 9.47 Å². The molecule has 6 nitrogen and oxygen atoms in total. The number of sulfonamides is 1. The van der Waals surface area contributed by atoms with Crippen LogP contribution in [0.3, 0.4) is 0 Å². The first-order chi connectivity index (χ1) is 13.3. The molecule has 0 atom stereocenters. The van der Waals surface area contributed by atoms with Gasteiger partial charge in [-0.15, -0.1) is 0 Å². The van der Waals surface area contributed by atoms with Crippen LogP contribution in [0.5, 0.6) is 5.75 Å². The summed E-state index contributed by atoms with van der Waals surface area (Å²) in [7, 11) is -2.24. The summed E-state index contributed by atoms with van der Waals surface area (Å²) in [6.07, 6.45) is 0.865. The molecule has 4 rings (SSSR count). The van der Waals surface area contributed by atoms with Gasteiger partial charge in [0.15, 0.2) is 0 Å². The number of esters is 1. The summed E-state index contributed by atoms with van der Waals surface area (Å²) in [5.74, 6) is 0.0174. The van der Waals surface area contributed by atoms with Crippen LogP contribution in [0.2, 0.25) is 0 Å². The third-order valence-corrected chi connectivity index (χ3v) is 7.77. The minimum absolute atomic E-state index is 0.179. The van der Waals surface area contributed by atoms with Crippen molar-refractivity contribution in [3.05, 3.63) is 58.7 Å². The Bertz CT molecular complexity index is 1050. The first-order valence-corrected chi connectivity index (χ1v) is 10.7. The summed E-state index contributed by atoms with van der Waals surface area (Å²) in [6, 6.07) is 10.8. The lowest BCUT2D eigenvalue weighted by atomic mass is 9.84. The largest absolute Gasteiger partial charge is 0.495 e. The first-order valence-electron chi connectivity index (χ1n) is 9.27. The molecular weight excluding hydrogens is 378 g/mol. The van der Waals surface area contributed by atoms with E-state index in [1.54, 1.807) is 18.2 Å². The van der Waals surface area contributed by atoms with E-state index in [2.05, 4.69) is 0 Å². The first kappa shape index (κ1) is 19.0.